The van der Waals surface area contributed by atoms with Crippen molar-refractivity contribution < 1.29 is 0 Å². The van der Waals surface area contributed by atoms with E-state index in [1.807, 2.05) is 0 Å². The number of nitrogens with one attached hydrogen (secondary N) is 1. The summed E-state index contributed by atoms with van der Waals surface area (Å²) >= 11 is 0. The molecule has 18 heavy (non-hydrogen) atoms. The second-order valence-corrected chi connectivity index (χ2v) is 5.88. The fraction of sp³-hybridized carbons (Fsp3) is 0.692. The Balaban J connectivity index is 2.23. The summed E-state index contributed by atoms with van der Waals surface area (Å²) in [7, 11) is 0. The Labute approximate surface area is 109 Å². The van der Waals surface area contributed by atoms with Crippen LogP contribution < -0.4 is 16.0 Å². The predicted molar refractivity (Wildman–Crippen MR) is 75.9 cm³/mol. The third kappa shape index (κ3) is 3.03. The highest BCUT2D eigenvalue weighted by molar-refractivity contribution is 5.75. The van der Waals surface area contributed by atoms with E-state index in [4.69, 9.17) is 5.73 Å². The first kappa shape index (κ1) is 12.9. The fourth-order valence-corrected chi connectivity index (χ4v) is 2.20. The van der Waals surface area contributed by atoms with E-state index in [0.29, 0.717) is 5.69 Å². The molecule has 5 nitrogen and oxygen atoms in total. The Morgan fingerprint density at radius 2 is 1.83 bits per heavy atom. The fourth-order valence-electron chi connectivity index (χ4n) is 2.20. The molecule has 2 heterocycles. The molecule has 100 valence electrons. The number of rotatable bonds is 2. The van der Waals surface area contributed by atoms with Crippen LogP contribution in [0.15, 0.2) is 6.33 Å². The molecular formula is C13H23N5. The van der Waals surface area contributed by atoms with Crippen molar-refractivity contribution in [2.45, 2.75) is 45.6 Å². The lowest BCUT2D eigenvalue weighted by molar-refractivity contribution is 0.573. The number of nitrogen functional groups attached to an aromatic ring is 1. The van der Waals surface area contributed by atoms with E-state index in [-0.39, 0.29) is 5.54 Å². The molecular weight excluding hydrogens is 226 g/mol. The Kier molecular flexibility index (Phi) is 3.59. The second-order valence-electron chi connectivity index (χ2n) is 5.88. The number of nitrogens with zero attached hydrogens (tertiary/aromatic N) is 3. The van der Waals surface area contributed by atoms with Gasteiger partial charge in [-0.25, -0.2) is 9.97 Å². The van der Waals surface area contributed by atoms with E-state index in [0.717, 1.165) is 24.7 Å². The number of piperidine rings is 1. The maximum absolute atomic E-state index is 6.19. The zero-order valence-electron chi connectivity index (χ0n) is 11.5. The first-order valence-electron chi connectivity index (χ1n) is 6.61. The smallest absolute Gasteiger partial charge is 0.157 e. The second kappa shape index (κ2) is 5.00. The molecule has 1 aromatic heterocycles. The molecule has 1 aliphatic rings. The lowest BCUT2D eigenvalue weighted by atomic mass is 10.1. The first-order valence-corrected chi connectivity index (χ1v) is 6.61. The summed E-state index contributed by atoms with van der Waals surface area (Å²) in [5.41, 5.74) is 6.80. The summed E-state index contributed by atoms with van der Waals surface area (Å²) in [4.78, 5) is 10.8. The van der Waals surface area contributed by atoms with Gasteiger partial charge in [0.1, 0.15) is 12.0 Å². The normalized spacial score (nSPS) is 16.7. The van der Waals surface area contributed by atoms with Crippen LogP contribution in [0.4, 0.5) is 17.3 Å². The van der Waals surface area contributed by atoms with Crippen LogP contribution in [-0.4, -0.2) is 28.6 Å². The highest BCUT2D eigenvalue weighted by atomic mass is 15.2. The molecule has 0 radical (unpaired) electrons. The number of aromatic nitrogens is 2. The minimum Gasteiger partial charge on any atom is -0.393 e. The molecule has 0 saturated carbocycles. The third-order valence-electron chi connectivity index (χ3n) is 3.01. The van der Waals surface area contributed by atoms with Crippen LogP contribution in [-0.2, 0) is 0 Å². The van der Waals surface area contributed by atoms with Gasteiger partial charge in [0.25, 0.3) is 0 Å². The molecule has 0 atom stereocenters. The van der Waals surface area contributed by atoms with Gasteiger partial charge in [-0.2, -0.15) is 0 Å². The van der Waals surface area contributed by atoms with Crippen LogP contribution in [0.5, 0.6) is 0 Å². The molecule has 5 heteroatoms. The van der Waals surface area contributed by atoms with Crippen molar-refractivity contribution in [3.63, 3.8) is 0 Å². The van der Waals surface area contributed by atoms with Gasteiger partial charge in [0.05, 0.1) is 0 Å². The zero-order chi connectivity index (χ0) is 13.2. The largest absolute Gasteiger partial charge is 0.393 e. The highest BCUT2D eigenvalue weighted by Gasteiger charge is 2.19. The number of anilines is 3. The molecule has 0 unspecified atom stereocenters. The van der Waals surface area contributed by atoms with Crippen molar-refractivity contribution in [2.24, 2.45) is 0 Å². The monoisotopic (exact) mass is 249 g/mol. The van der Waals surface area contributed by atoms with E-state index in [9.17, 15) is 0 Å². The molecule has 0 aliphatic carbocycles. The van der Waals surface area contributed by atoms with Crippen molar-refractivity contribution in [1.82, 2.24) is 9.97 Å². The van der Waals surface area contributed by atoms with Crippen LogP contribution in [0, 0.1) is 0 Å². The summed E-state index contributed by atoms with van der Waals surface area (Å²) in [6.45, 7) is 8.35. The molecule has 0 aromatic carbocycles. The lowest BCUT2D eigenvalue weighted by Gasteiger charge is -2.30. The van der Waals surface area contributed by atoms with Gasteiger partial charge in [0.2, 0.25) is 0 Å². The first-order chi connectivity index (χ1) is 8.47. The molecule has 3 N–H and O–H groups in total. The molecule has 0 amide bonds. The topological polar surface area (TPSA) is 67.1 Å². The third-order valence-corrected chi connectivity index (χ3v) is 3.01. The van der Waals surface area contributed by atoms with Gasteiger partial charge in [-0.3, -0.25) is 0 Å². The van der Waals surface area contributed by atoms with Crippen molar-refractivity contribution in [3.05, 3.63) is 6.33 Å². The maximum atomic E-state index is 6.19. The molecule has 1 saturated heterocycles. The molecule has 1 fully saturated rings. The molecule has 1 aliphatic heterocycles. The van der Waals surface area contributed by atoms with Gasteiger partial charge in [-0.05, 0) is 40.0 Å². The molecule has 0 spiro atoms. The number of hydrogen-bond acceptors (Lipinski definition) is 5. The zero-order valence-corrected chi connectivity index (χ0v) is 11.5. The number of hydrogen-bond donors (Lipinski definition) is 2. The van der Waals surface area contributed by atoms with Crippen LogP contribution in [0.1, 0.15) is 40.0 Å². The molecule has 0 bridgehead atoms. The minimum absolute atomic E-state index is 0.0539. The van der Waals surface area contributed by atoms with Crippen molar-refractivity contribution >= 4 is 17.3 Å². The average Bonchev–Trinajstić information content (AvgIpc) is 2.31. The number of nitrogens with two attached hydrogens (primary N) is 1. The Hall–Kier alpha value is -1.52. The van der Waals surface area contributed by atoms with Crippen molar-refractivity contribution in [2.75, 3.05) is 29.0 Å². The summed E-state index contributed by atoms with van der Waals surface area (Å²) in [6.07, 6.45) is 5.32. The minimum atomic E-state index is -0.0539. The van der Waals surface area contributed by atoms with Gasteiger partial charge in [0, 0.05) is 18.6 Å². The Bertz CT molecular complexity index is 404. The molecule has 2 rings (SSSR count). The van der Waals surface area contributed by atoms with E-state index in [2.05, 4.69) is 41.0 Å². The van der Waals surface area contributed by atoms with Gasteiger partial charge >= 0.3 is 0 Å². The van der Waals surface area contributed by atoms with E-state index in [1.165, 1.54) is 19.3 Å². The van der Waals surface area contributed by atoms with Gasteiger partial charge in [-0.15, -0.1) is 0 Å². The highest BCUT2D eigenvalue weighted by Crippen LogP contribution is 2.29. The summed E-state index contributed by atoms with van der Waals surface area (Å²) in [5, 5.41) is 3.33. The Morgan fingerprint density at radius 3 is 2.44 bits per heavy atom. The SMILES string of the molecule is CC(C)(C)Nc1ncnc(N2CCCCC2)c1N. The maximum Gasteiger partial charge on any atom is 0.157 e. The predicted octanol–water partition coefficient (Wildman–Crippen LogP) is 2.26. The van der Waals surface area contributed by atoms with Crippen LogP contribution in [0.25, 0.3) is 0 Å². The van der Waals surface area contributed by atoms with Gasteiger partial charge < -0.3 is 16.0 Å². The summed E-state index contributed by atoms with van der Waals surface area (Å²) in [5.74, 6) is 1.61. The Morgan fingerprint density at radius 1 is 1.17 bits per heavy atom. The van der Waals surface area contributed by atoms with Crippen molar-refractivity contribution in [1.29, 1.82) is 0 Å². The van der Waals surface area contributed by atoms with Crippen LogP contribution in [0.3, 0.4) is 0 Å². The average molecular weight is 249 g/mol. The lowest BCUT2D eigenvalue weighted by Crippen LogP contribution is -2.32. The van der Waals surface area contributed by atoms with Gasteiger partial charge in [-0.1, -0.05) is 0 Å². The van der Waals surface area contributed by atoms with Gasteiger partial charge in [0.15, 0.2) is 11.6 Å². The summed E-state index contributed by atoms with van der Waals surface area (Å²) in [6, 6.07) is 0. The molecule has 1 aromatic rings. The van der Waals surface area contributed by atoms with E-state index in [1.54, 1.807) is 6.33 Å². The van der Waals surface area contributed by atoms with Crippen LogP contribution in [0.2, 0.25) is 0 Å². The van der Waals surface area contributed by atoms with E-state index >= 15 is 0 Å². The quantitative estimate of drug-likeness (QED) is 0.841. The summed E-state index contributed by atoms with van der Waals surface area (Å²) < 4.78 is 0. The van der Waals surface area contributed by atoms with Crippen molar-refractivity contribution in [3.8, 4) is 0 Å². The van der Waals surface area contributed by atoms with Crippen LogP contribution >= 0.6 is 0 Å². The standard InChI is InChI=1S/C13H23N5/c1-13(2,3)17-11-10(14)12(16-9-15-11)18-7-5-4-6-8-18/h9H,4-8,14H2,1-3H3,(H,15,16,17). The van der Waals surface area contributed by atoms with E-state index < -0.39 is 0 Å².